The number of nitrogens with one attached hydrogen (secondary N) is 1. The van der Waals surface area contributed by atoms with E-state index in [1.807, 2.05) is 0 Å². The van der Waals surface area contributed by atoms with Gasteiger partial charge in [0.15, 0.2) is 0 Å². The van der Waals surface area contributed by atoms with Crippen LogP contribution in [0.4, 0.5) is 0 Å². The van der Waals surface area contributed by atoms with Gasteiger partial charge >= 0.3 is 0 Å². The van der Waals surface area contributed by atoms with Crippen LogP contribution in [0.1, 0.15) is 71.6 Å². The number of hydrogen-bond donors (Lipinski definition) is 1. The molecule has 0 bridgehead atoms. The molecular weight excluding hydrogens is 232 g/mol. The van der Waals surface area contributed by atoms with Crippen LogP contribution in [0, 0.1) is 5.41 Å². The first-order valence-corrected chi connectivity index (χ1v) is 8.66. The Bertz CT molecular complexity index is 236. The molecule has 0 atom stereocenters. The van der Waals surface area contributed by atoms with Crippen LogP contribution in [-0.4, -0.2) is 37.1 Å². The minimum Gasteiger partial charge on any atom is -0.314 e. The molecule has 2 aliphatic rings. The fraction of sp³-hybridized carbons (Fsp3) is 1.00. The average Bonchev–Trinajstić information content (AvgIpc) is 2.66. The highest BCUT2D eigenvalue weighted by atomic mass is 15.1. The lowest BCUT2D eigenvalue weighted by molar-refractivity contribution is 0.102. The first-order chi connectivity index (χ1) is 9.20. The standard InChI is InChI=1S/C17H34N2/c1-16(2)18-14-17(10-6-5-7-11-17)15-19-12-8-3-4-9-13-19/h16,18H,3-15H2,1-2H3. The van der Waals surface area contributed by atoms with Gasteiger partial charge in [-0.2, -0.15) is 0 Å². The summed E-state index contributed by atoms with van der Waals surface area (Å²) in [4.78, 5) is 2.78. The third-order valence-electron chi connectivity index (χ3n) is 5.06. The Labute approximate surface area is 120 Å². The van der Waals surface area contributed by atoms with Crippen molar-refractivity contribution in [2.45, 2.75) is 77.7 Å². The van der Waals surface area contributed by atoms with E-state index in [1.54, 1.807) is 0 Å². The molecule has 0 spiro atoms. The van der Waals surface area contributed by atoms with Gasteiger partial charge in [-0.15, -0.1) is 0 Å². The molecule has 0 radical (unpaired) electrons. The lowest BCUT2D eigenvalue weighted by Gasteiger charge is -2.42. The van der Waals surface area contributed by atoms with E-state index in [4.69, 9.17) is 0 Å². The molecule has 1 N–H and O–H groups in total. The van der Waals surface area contributed by atoms with Gasteiger partial charge in [-0.05, 0) is 44.2 Å². The molecule has 0 aromatic rings. The predicted octanol–water partition coefficient (Wildman–Crippen LogP) is 3.81. The summed E-state index contributed by atoms with van der Waals surface area (Å²) in [5.41, 5.74) is 0.576. The van der Waals surface area contributed by atoms with Crippen LogP contribution in [0.15, 0.2) is 0 Å². The quantitative estimate of drug-likeness (QED) is 0.814. The molecule has 2 nitrogen and oxygen atoms in total. The highest BCUT2D eigenvalue weighted by molar-refractivity contribution is 4.88. The van der Waals surface area contributed by atoms with Crippen molar-refractivity contribution in [2.24, 2.45) is 5.41 Å². The highest BCUT2D eigenvalue weighted by Crippen LogP contribution is 2.37. The summed E-state index contributed by atoms with van der Waals surface area (Å²) in [6, 6.07) is 0.628. The van der Waals surface area contributed by atoms with Crippen molar-refractivity contribution in [3.63, 3.8) is 0 Å². The topological polar surface area (TPSA) is 15.3 Å². The van der Waals surface area contributed by atoms with Crippen molar-refractivity contribution in [3.05, 3.63) is 0 Å². The number of nitrogens with zero attached hydrogens (tertiary/aromatic N) is 1. The maximum Gasteiger partial charge on any atom is 0.00501 e. The van der Waals surface area contributed by atoms with Crippen LogP contribution in [0.2, 0.25) is 0 Å². The van der Waals surface area contributed by atoms with E-state index in [1.165, 1.54) is 84.0 Å². The summed E-state index contributed by atoms with van der Waals surface area (Å²) in [6.07, 6.45) is 13.0. The van der Waals surface area contributed by atoms with Crippen LogP contribution in [0.25, 0.3) is 0 Å². The van der Waals surface area contributed by atoms with Crippen molar-refractivity contribution in [3.8, 4) is 0 Å². The summed E-state index contributed by atoms with van der Waals surface area (Å²) < 4.78 is 0. The van der Waals surface area contributed by atoms with E-state index in [-0.39, 0.29) is 0 Å². The monoisotopic (exact) mass is 266 g/mol. The zero-order chi connectivity index (χ0) is 13.6. The molecule has 0 unspecified atom stereocenters. The minimum absolute atomic E-state index is 0.576. The third-order valence-corrected chi connectivity index (χ3v) is 5.06. The van der Waals surface area contributed by atoms with Crippen molar-refractivity contribution >= 4 is 0 Å². The van der Waals surface area contributed by atoms with E-state index in [2.05, 4.69) is 24.1 Å². The molecule has 1 saturated carbocycles. The zero-order valence-corrected chi connectivity index (χ0v) is 13.2. The third kappa shape index (κ3) is 5.07. The van der Waals surface area contributed by atoms with E-state index in [9.17, 15) is 0 Å². The molecule has 2 heteroatoms. The number of rotatable bonds is 5. The van der Waals surface area contributed by atoms with Crippen LogP contribution in [0.5, 0.6) is 0 Å². The van der Waals surface area contributed by atoms with Gasteiger partial charge in [0.25, 0.3) is 0 Å². The average molecular weight is 266 g/mol. The summed E-state index contributed by atoms with van der Waals surface area (Å²) in [5.74, 6) is 0. The van der Waals surface area contributed by atoms with Crippen molar-refractivity contribution in [2.75, 3.05) is 26.2 Å². The van der Waals surface area contributed by atoms with Gasteiger partial charge in [0.1, 0.15) is 0 Å². The van der Waals surface area contributed by atoms with Crippen LogP contribution >= 0.6 is 0 Å². The predicted molar refractivity (Wildman–Crippen MR) is 83.6 cm³/mol. The van der Waals surface area contributed by atoms with Gasteiger partial charge in [0, 0.05) is 19.1 Å². The van der Waals surface area contributed by atoms with E-state index < -0.39 is 0 Å². The Hall–Kier alpha value is -0.0800. The molecule has 1 aliphatic carbocycles. The summed E-state index contributed by atoms with van der Waals surface area (Å²) in [5, 5.41) is 3.73. The largest absolute Gasteiger partial charge is 0.314 e. The number of hydrogen-bond acceptors (Lipinski definition) is 2. The van der Waals surface area contributed by atoms with E-state index in [0.29, 0.717) is 11.5 Å². The van der Waals surface area contributed by atoms with Crippen LogP contribution in [0.3, 0.4) is 0 Å². The summed E-state index contributed by atoms with van der Waals surface area (Å²) in [7, 11) is 0. The van der Waals surface area contributed by atoms with Gasteiger partial charge < -0.3 is 10.2 Å². The number of likely N-dealkylation sites (tertiary alicyclic amines) is 1. The molecule has 2 rings (SSSR count). The SMILES string of the molecule is CC(C)NCC1(CN2CCCCCC2)CCCCC1. The fourth-order valence-electron chi connectivity index (χ4n) is 3.88. The van der Waals surface area contributed by atoms with Gasteiger partial charge in [-0.3, -0.25) is 0 Å². The molecule has 1 saturated heterocycles. The first kappa shape index (κ1) is 15.3. The Kier molecular flexibility index (Phi) is 6.15. The zero-order valence-electron chi connectivity index (χ0n) is 13.2. The molecule has 0 aromatic carbocycles. The second-order valence-corrected chi connectivity index (χ2v) is 7.29. The molecule has 2 fully saturated rings. The smallest absolute Gasteiger partial charge is 0.00501 e. The molecule has 1 aliphatic heterocycles. The molecule has 112 valence electrons. The fourth-order valence-corrected chi connectivity index (χ4v) is 3.88. The Balaban J connectivity index is 1.91. The van der Waals surface area contributed by atoms with E-state index >= 15 is 0 Å². The van der Waals surface area contributed by atoms with Crippen LogP contribution < -0.4 is 5.32 Å². The Morgan fingerprint density at radius 2 is 1.47 bits per heavy atom. The van der Waals surface area contributed by atoms with Gasteiger partial charge in [0.2, 0.25) is 0 Å². The second kappa shape index (κ2) is 7.64. The van der Waals surface area contributed by atoms with Gasteiger partial charge in [0.05, 0.1) is 0 Å². The lowest BCUT2D eigenvalue weighted by atomic mass is 9.73. The Morgan fingerprint density at radius 3 is 2.05 bits per heavy atom. The van der Waals surface area contributed by atoms with Crippen molar-refractivity contribution in [1.29, 1.82) is 0 Å². The molecule has 1 heterocycles. The van der Waals surface area contributed by atoms with E-state index in [0.717, 1.165) is 0 Å². The minimum atomic E-state index is 0.576. The lowest BCUT2D eigenvalue weighted by Crippen LogP contribution is -2.47. The maximum atomic E-state index is 3.73. The van der Waals surface area contributed by atoms with Crippen molar-refractivity contribution in [1.82, 2.24) is 10.2 Å². The summed E-state index contributed by atoms with van der Waals surface area (Å²) in [6.45, 7) is 9.85. The highest BCUT2D eigenvalue weighted by Gasteiger charge is 2.33. The molecule has 19 heavy (non-hydrogen) atoms. The molecular formula is C17H34N2. The van der Waals surface area contributed by atoms with Crippen molar-refractivity contribution < 1.29 is 0 Å². The Morgan fingerprint density at radius 1 is 0.895 bits per heavy atom. The van der Waals surface area contributed by atoms with Crippen LogP contribution in [-0.2, 0) is 0 Å². The molecule has 0 aromatic heterocycles. The van der Waals surface area contributed by atoms with Gasteiger partial charge in [-0.1, -0.05) is 46.0 Å². The molecule has 0 amide bonds. The normalized spacial score (nSPS) is 25.4. The maximum absolute atomic E-state index is 3.73. The van der Waals surface area contributed by atoms with Gasteiger partial charge in [-0.25, -0.2) is 0 Å². The second-order valence-electron chi connectivity index (χ2n) is 7.29. The summed E-state index contributed by atoms with van der Waals surface area (Å²) >= 11 is 0. The first-order valence-electron chi connectivity index (χ1n) is 8.66.